The number of ether oxygens (including phenoxy) is 3. The Labute approximate surface area is 494 Å². The van der Waals surface area contributed by atoms with E-state index in [2.05, 4.69) is 142 Å². The predicted octanol–water partition coefficient (Wildman–Crippen LogP) is 23.2. The van der Waals surface area contributed by atoms with Crippen molar-refractivity contribution in [2.75, 3.05) is 13.2 Å². The summed E-state index contributed by atoms with van der Waals surface area (Å²) in [5.74, 6) is -0.966. The fraction of sp³-hybridized carbons (Fsp3) is 0.689. The highest BCUT2D eigenvalue weighted by molar-refractivity contribution is 5.71. The Morgan fingerprint density at radius 2 is 0.500 bits per heavy atom. The van der Waals surface area contributed by atoms with E-state index in [1.54, 1.807) is 0 Å². The zero-order chi connectivity index (χ0) is 57.8. The second-order valence-electron chi connectivity index (χ2n) is 22.0. The number of allylic oxidation sites excluding steroid dienone is 20. The lowest BCUT2D eigenvalue weighted by molar-refractivity contribution is -0.167. The maximum absolute atomic E-state index is 12.9. The Morgan fingerprint density at radius 1 is 0.263 bits per heavy atom. The summed E-state index contributed by atoms with van der Waals surface area (Å²) in [5.41, 5.74) is 0. The zero-order valence-corrected chi connectivity index (χ0v) is 52.3. The maximum atomic E-state index is 12.9. The third-order valence-electron chi connectivity index (χ3n) is 14.2. The smallest absolute Gasteiger partial charge is 0.306 e. The molecular formula is C74H124O6. The molecule has 0 saturated heterocycles. The van der Waals surface area contributed by atoms with E-state index in [0.29, 0.717) is 19.3 Å². The molecule has 0 N–H and O–H groups in total. The lowest BCUT2D eigenvalue weighted by Gasteiger charge is -2.18. The van der Waals surface area contributed by atoms with Gasteiger partial charge in [-0.2, -0.15) is 0 Å². The van der Waals surface area contributed by atoms with Gasteiger partial charge < -0.3 is 14.2 Å². The standard InChI is InChI=1S/C74H124O6/c1-4-7-10-13-16-19-22-25-28-31-34-36-37-39-40-43-46-49-52-55-58-61-64-67-73(76)79-70-71(69-78-72(75)66-63-60-57-54-51-48-45-42-33-30-27-24-21-18-15-12-9-6-3)80-74(77)68-65-62-59-56-53-50-47-44-41-38-35-32-29-26-23-20-17-14-11-8-5-2/h7,10,16,19,21,24-25,28,30,32-36,39-40,46,49,55,58,71H,4-6,8-9,11-15,17-18,20,22-23,26-27,29,31,37-38,41-45,47-48,50-54,56-57,59-70H2,1-3H3/b10-7-,19-16-,24-21-,28-25-,33-30-,35-32-,36-34-,40-39-,49-46-,58-55-. The highest BCUT2D eigenvalue weighted by Gasteiger charge is 2.19. The molecule has 80 heavy (non-hydrogen) atoms. The first-order valence-corrected chi connectivity index (χ1v) is 33.5. The predicted molar refractivity (Wildman–Crippen MR) is 348 cm³/mol. The van der Waals surface area contributed by atoms with E-state index < -0.39 is 6.10 Å². The van der Waals surface area contributed by atoms with Gasteiger partial charge in [0.2, 0.25) is 0 Å². The highest BCUT2D eigenvalue weighted by atomic mass is 16.6. The molecule has 0 aliphatic carbocycles. The zero-order valence-electron chi connectivity index (χ0n) is 52.3. The molecule has 0 radical (unpaired) electrons. The molecule has 0 aliphatic rings. The van der Waals surface area contributed by atoms with Crippen molar-refractivity contribution >= 4 is 17.9 Å². The van der Waals surface area contributed by atoms with E-state index in [4.69, 9.17) is 14.2 Å². The topological polar surface area (TPSA) is 78.9 Å². The molecule has 0 aliphatic heterocycles. The van der Waals surface area contributed by atoms with Crippen LogP contribution < -0.4 is 0 Å². The van der Waals surface area contributed by atoms with Gasteiger partial charge in [0.25, 0.3) is 0 Å². The molecule has 0 aromatic carbocycles. The molecule has 6 heteroatoms. The van der Waals surface area contributed by atoms with Crippen LogP contribution in [0.25, 0.3) is 0 Å². The monoisotopic (exact) mass is 1110 g/mol. The van der Waals surface area contributed by atoms with Gasteiger partial charge in [0.1, 0.15) is 13.2 Å². The Hall–Kier alpha value is -4.19. The molecule has 1 unspecified atom stereocenters. The Bertz CT molecular complexity index is 1650. The van der Waals surface area contributed by atoms with Crippen molar-refractivity contribution in [1.82, 2.24) is 0 Å². The van der Waals surface area contributed by atoms with Crippen LogP contribution in [-0.2, 0) is 28.6 Å². The molecule has 0 saturated carbocycles. The first-order valence-electron chi connectivity index (χ1n) is 33.5. The first-order chi connectivity index (χ1) is 39.5. The second-order valence-corrected chi connectivity index (χ2v) is 22.0. The summed E-state index contributed by atoms with van der Waals surface area (Å²) in [6.45, 7) is 6.48. The van der Waals surface area contributed by atoms with Gasteiger partial charge in [0, 0.05) is 19.3 Å². The summed E-state index contributed by atoms with van der Waals surface area (Å²) in [6.07, 6.45) is 93.5. The lowest BCUT2D eigenvalue weighted by Crippen LogP contribution is -2.30. The number of esters is 3. The average Bonchev–Trinajstić information content (AvgIpc) is 3.46. The molecule has 0 aromatic rings. The van der Waals surface area contributed by atoms with Gasteiger partial charge in [-0.1, -0.05) is 284 Å². The van der Waals surface area contributed by atoms with Gasteiger partial charge in [0.15, 0.2) is 6.10 Å². The van der Waals surface area contributed by atoms with Crippen LogP contribution in [0.2, 0.25) is 0 Å². The van der Waals surface area contributed by atoms with Crippen molar-refractivity contribution in [2.24, 2.45) is 0 Å². The second kappa shape index (κ2) is 67.3. The largest absolute Gasteiger partial charge is 0.462 e. The Kier molecular flexibility index (Phi) is 63.8. The van der Waals surface area contributed by atoms with Gasteiger partial charge >= 0.3 is 17.9 Å². The van der Waals surface area contributed by atoms with Gasteiger partial charge in [-0.15, -0.1) is 0 Å². The summed E-state index contributed by atoms with van der Waals surface area (Å²) in [7, 11) is 0. The van der Waals surface area contributed by atoms with E-state index in [1.165, 1.54) is 161 Å². The molecule has 0 bridgehead atoms. The fourth-order valence-electron chi connectivity index (χ4n) is 9.16. The summed E-state index contributed by atoms with van der Waals surface area (Å²) in [6, 6.07) is 0. The fourth-order valence-corrected chi connectivity index (χ4v) is 9.16. The van der Waals surface area contributed by atoms with E-state index >= 15 is 0 Å². The van der Waals surface area contributed by atoms with Crippen LogP contribution >= 0.6 is 0 Å². The SMILES string of the molecule is CC/C=C\C/C=C\C/C=C\C/C=C\C/C=C\C/C=C\C/C=C\CCCC(=O)OCC(COC(=O)CCCCCCCCC/C=C\C/C=C\CCCCCC)OC(=O)CCCCCCCCCCC/C=C\CCCCCCCCCC. The minimum absolute atomic E-state index is 0.103. The molecule has 0 fully saturated rings. The first kappa shape index (κ1) is 75.8. The Morgan fingerprint density at radius 3 is 0.838 bits per heavy atom. The molecule has 0 aromatic heterocycles. The van der Waals surface area contributed by atoms with Crippen LogP contribution in [0.1, 0.15) is 310 Å². The minimum atomic E-state index is -0.811. The van der Waals surface area contributed by atoms with Crippen molar-refractivity contribution in [2.45, 2.75) is 316 Å². The number of carbonyl (C=O) groups excluding carboxylic acids is 3. The number of rotatable bonds is 60. The quantitative estimate of drug-likeness (QED) is 0.0261. The van der Waals surface area contributed by atoms with Gasteiger partial charge in [-0.3, -0.25) is 14.4 Å². The maximum Gasteiger partial charge on any atom is 0.306 e. The summed E-state index contributed by atoms with van der Waals surface area (Å²) >= 11 is 0. The van der Waals surface area contributed by atoms with Crippen molar-refractivity contribution in [1.29, 1.82) is 0 Å². The van der Waals surface area contributed by atoms with E-state index in [1.807, 2.05) is 0 Å². The van der Waals surface area contributed by atoms with Crippen molar-refractivity contribution in [3.8, 4) is 0 Å². The van der Waals surface area contributed by atoms with Crippen LogP contribution in [-0.4, -0.2) is 37.2 Å². The van der Waals surface area contributed by atoms with Gasteiger partial charge in [0.05, 0.1) is 0 Å². The molecule has 1 atom stereocenters. The number of hydrogen-bond acceptors (Lipinski definition) is 6. The van der Waals surface area contributed by atoms with Crippen molar-refractivity contribution in [3.63, 3.8) is 0 Å². The average molecular weight is 1110 g/mol. The van der Waals surface area contributed by atoms with Crippen LogP contribution in [0.3, 0.4) is 0 Å². The van der Waals surface area contributed by atoms with E-state index in [0.717, 1.165) is 103 Å². The number of unbranched alkanes of at least 4 members (excludes halogenated alkanes) is 29. The summed E-state index contributed by atoms with van der Waals surface area (Å²) in [4.78, 5) is 38.4. The van der Waals surface area contributed by atoms with Crippen LogP contribution in [0.4, 0.5) is 0 Å². The van der Waals surface area contributed by atoms with Crippen molar-refractivity contribution < 1.29 is 28.6 Å². The summed E-state index contributed by atoms with van der Waals surface area (Å²) < 4.78 is 16.9. The van der Waals surface area contributed by atoms with E-state index in [9.17, 15) is 14.4 Å². The molecule has 0 rings (SSSR count). The van der Waals surface area contributed by atoms with Crippen LogP contribution in [0, 0.1) is 0 Å². The molecule has 0 heterocycles. The Balaban J connectivity index is 4.50. The van der Waals surface area contributed by atoms with E-state index in [-0.39, 0.29) is 37.5 Å². The molecule has 0 spiro atoms. The van der Waals surface area contributed by atoms with Crippen LogP contribution in [0.5, 0.6) is 0 Å². The third kappa shape index (κ3) is 64.6. The van der Waals surface area contributed by atoms with Gasteiger partial charge in [-0.25, -0.2) is 0 Å². The normalized spacial score (nSPS) is 12.9. The third-order valence-corrected chi connectivity index (χ3v) is 14.2. The minimum Gasteiger partial charge on any atom is -0.462 e. The van der Waals surface area contributed by atoms with Crippen LogP contribution in [0.15, 0.2) is 122 Å². The number of hydrogen-bond donors (Lipinski definition) is 0. The molecule has 456 valence electrons. The number of carbonyl (C=O) groups is 3. The summed E-state index contributed by atoms with van der Waals surface area (Å²) in [5, 5.41) is 0. The highest BCUT2D eigenvalue weighted by Crippen LogP contribution is 2.16. The lowest BCUT2D eigenvalue weighted by atomic mass is 10.1. The molecule has 0 amide bonds. The molecular weight excluding hydrogens is 985 g/mol. The van der Waals surface area contributed by atoms with Gasteiger partial charge in [-0.05, 0) is 128 Å². The molecule has 6 nitrogen and oxygen atoms in total. The van der Waals surface area contributed by atoms with Crippen molar-refractivity contribution in [3.05, 3.63) is 122 Å².